The van der Waals surface area contributed by atoms with Crippen molar-refractivity contribution in [3.63, 3.8) is 0 Å². The van der Waals surface area contributed by atoms with Crippen LogP contribution in [0.4, 0.5) is 0 Å². The van der Waals surface area contributed by atoms with E-state index in [0.717, 1.165) is 30.4 Å². The van der Waals surface area contributed by atoms with Crippen LogP contribution in [-0.4, -0.2) is 0 Å². The van der Waals surface area contributed by atoms with Crippen molar-refractivity contribution in [2.75, 3.05) is 0 Å². The molecule has 1 rings (SSSR count). The molecule has 0 N–H and O–H groups in total. The molecule has 0 heterocycles. The van der Waals surface area contributed by atoms with Gasteiger partial charge >= 0.3 is 0 Å². The Morgan fingerprint density at radius 3 is 2.47 bits per heavy atom. The van der Waals surface area contributed by atoms with Gasteiger partial charge in [0.25, 0.3) is 0 Å². The van der Waals surface area contributed by atoms with Crippen LogP contribution < -0.4 is 0 Å². The maximum absolute atomic E-state index is 8.86. The second kappa shape index (κ2) is 5.83. The first-order valence-electron chi connectivity index (χ1n) is 5.20. The number of nitriles is 2. The summed E-state index contributed by atoms with van der Waals surface area (Å²) in [6.07, 6.45) is 3.17. The second-order valence-corrected chi connectivity index (χ2v) is 3.49. The highest BCUT2D eigenvalue weighted by Gasteiger charge is 2.12. The lowest BCUT2D eigenvalue weighted by molar-refractivity contribution is 0.786. The van der Waals surface area contributed by atoms with Gasteiger partial charge in [-0.15, -0.1) is 0 Å². The molecule has 76 valence electrons. The second-order valence-electron chi connectivity index (χ2n) is 3.49. The molecule has 0 radical (unpaired) electrons. The quantitative estimate of drug-likeness (QED) is 0.746. The van der Waals surface area contributed by atoms with E-state index in [9.17, 15) is 0 Å². The third-order valence-corrected chi connectivity index (χ3v) is 2.42. The largest absolute Gasteiger partial charge is 0.196 e. The fraction of sp³-hybridized carbons (Fsp3) is 0.385. The summed E-state index contributed by atoms with van der Waals surface area (Å²) < 4.78 is 0. The number of benzene rings is 1. The Bertz CT molecular complexity index is 382. The van der Waals surface area contributed by atoms with Gasteiger partial charge in [0.1, 0.15) is 0 Å². The predicted molar refractivity (Wildman–Crippen MR) is 59.0 cm³/mol. The van der Waals surface area contributed by atoms with Crippen molar-refractivity contribution in [3.8, 4) is 12.1 Å². The van der Waals surface area contributed by atoms with Crippen molar-refractivity contribution < 1.29 is 0 Å². The van der Waals surface area contributed by atoms with Crippen LogP contribution in [-0.2, 0) is 6.42 Å². The van der Waals surface area contributed by atoms with E-state index < -0.39 is 5.92 Å². The lowest BCUT2D eigenvalue weighted by Crippen LogP contribution is -1.98. The molecule has 0 aromatic heterocycles. The maximum atomic E-state index is 8.86. The third-order valence-electron chi connectivity index (χ3n) is 2.42. The maximum Gasteiger partial charge on any atom is 0.158 e. The molecule has 0 amide bonds. The van der Waals surface area contributed by atoms with Crippen LogP contribution in [0.15, 0.2) is 24.3 Å². The molecule has 0 spiro atoms. The highest BCUT2D eigenvalue weighted by atomic mass is 14.3. The van der Waals surface area contributed by atoms with Crippen LogP contribution in [0.3, 0.4) is 0 Å². The molecule has 0 saturated carbocycles. The number of aryl methyl sites for hydroxylation is 1. The first-order valence-corrected chi connectivity index (χ1v) is 5.20. The smallest absolute Gasteiger partial charge is 0.158 e. The van der Waals surface area contributed by atoms with E-state index in [1.165, 1.54) is 0 Å². The standard InChI is InChI=1S/C13H14N2/c1-2-3-6-11-7-4-5-8-13(11)12(9-14)10-15/h4-5,7-8,12H,2-3,6H2,1H3. The molecule has 15 heavy (non-hydrogen) atoms. The van der Waals surface area contributed by atoms with Crippen molar-refractivity contribution >= 4 is 0 Å². The highest BCUT2D eigenvalue weighted by Crippen LogP contribution is 2.20. The summed E-state index contributed by atoms with van der Waals surface area (Å²) in [5.41, 5.74) is 2.00. The summed E-state index contributed by atoms with van der Waals surface area (Å²) in [5.74, 6) is -0.627. The molecule has 0 saturated heterocycles. The molecule has 2 nitrogen and oxygen atoms in total. The van der Waals surface area contributed by atoms with Crippen molar-refractivity contribution in [3.05, 3.63) is 35.4 Å². The van der Waals surface area contributed by atoms with Gasteiger partial charge in [0, 0.05) is 0 Å². The van der Waals surface area contributed by atoms with Crippen LogP contribution >= 0.6 is 0 Å². The number of unbranched alkanes of at least 4 members (excludes halogenated alkanes) is 1. The predicted octanol–water partition coefficient (Wildman–Crippen LogP) is 3.16. The number of hydrogen-bond donors (Lipinski definition) is 0. The van der Waals surface area contributed by atoms with Crippen molar-refractivity contribution in [1.82, 2.24) is 0 Å². The molecule has 0 bridgehead atoms. The van der Waals surface area contributed by atoms with Crippen LogP contribution in [0.25, 0.3) is 0 Å². The summed E-state index contributed by atoms with van der Waals surface area (Å²) in [4.78, 5) is 0. The minimum absolute atomic E-state index is 0.627. The van der Waals surface area contributed by atoms with Crippen LogP contribution in [0.2, 0.25) is 0 Å². The van der Waals surface area contributed by atoms with Crippen molar-refractivity contribution in [1.29, 1.82) is 10.5 Å². The van der Waals surface area contributed by atoms with Gasteiger partial charge in [-0.3, -0.25) is 0 Å². The molecule has 0 atom stereocenters. The molecule has 0 aliphatic rings. The minimum Gasteiger partial charge on any atom is -0.196 e. The fourth-order valence-electron chi connectivity index (χ4n) is 1.58. The van der Waals surface area contributed by atoms with Gasteiger partial charge in [-0.05, 0) is 24.0 Å². The van der Waals surface area contributed by atoms with Gasteiger partial charge in [-0.1, -0.05) is 37.6 Å². The zero-order chi connectivity index (χ0) is 11.1. The van der Waals surface area contributed by atoms with Crippen molar-refractivity contribution in [2.45, 2.75) is 32.1 Å². The van der Waals surface area contributed by atoms with Gasteiger partial charge in [-0.2, -0.15) is 10.5 Å². The zero-order valence-electron chi connectivity index (χ0n) is 8.90. The minimum atomic E-state index is -0.627. The van der Waals surface area contributed by atoms with Crippen LogP contribution in [0.1, 0.15) is 36.8 Å². The molecule has 1 aromatic carbocycles. The molecule has 0 fully saturated rings. The summed E-state index contributed by atoms with van der Waals surface area (Å²) in [7, 11) is 0. The van der Waals surface area contributed by atoms with Crippen LogP contribution in [0, 0.1) is 22.7 Å². The Kier molecular flexibility index (Phi) is 4.38. The molecular formula is C13H14N2. The van der Waals surface area contributed by atoms with E-state index in [2.05, 4.69) is 6.92 Å². The van der Waals surface area contributed by atoms with Gasteiger partial charge in [0.05, 0.1) is 12.1 Å². The SMILES string of the molecule is CCCCc1ccccc1C(C#N)C#N. The molecular weight excluding hydrogens is 184 g/mol. The average molecular weight is 198 g/mol. The molecule has 0 aliphatic heterocycles. The Labute approximate surface area is 90.8 Å². The summed E-state index contributed by atoms with van der Waals surface area (Å²) in [6, 6.07) is 11.8. The summed E-state index contributed by atoms with van der Waals surface area (Å²) in [5, 5.41) is 17.7. The summed E-state index contributed by atoms with van der Waals surface area (Å²) >= 11 is 0. The van der Waals surface area contributed by atoms with E-state index in [1.807, 2.05) is 36.4 Å². The first kappa shape index (κ1) is 11.3. The first-order chi connectivity index (χ1) is 7.33. The Hall–Kier alpha value is -1.80. The van der Waals surface area contributed by atoms with Gasteiger partial charge in [0.15, 0.2) is 5.92 Å². The molecule has 1 aromatic rings. The van der Waals surface area contributed by atoms with E-state index in [-0.39, 0.29) is 0 Å². The number of nitrogens with zero attached hydrogens (tertiary/aromatic N) is 2. The highest BCUT2D eigenvalue weighted by molar-refractivity contribution is 5.38. The van der Waals surface area contributed by atoms with E-state index in [4.69, 9.17) is 10.5 Å². The Morgan fingerprint density at radius 1 is 1.20 bits per heavy atom. The van der Waals surface area contributed by atoms with Crippen molar-refractivity contribution in [2.24, 2.45) is 0 Å². The lowest BCUT2D eigenvalue weighted by Gasteiger charge is -2.08. The molecule has 0 unspecified atom stereocenters. The monoisotopic (exact) mass is 198 g/mol. The zero-order valence-corrected chi connectivity index (χ0v) is 8.90. The number of hydrogen-bond acceptors (Lipinski definition) is 2. The van der Waals surface area contributed by atoms with Crippen LogP contribution in [0.5, 0.6) is 0 Å². The third kappa shape index (κ3) is 2.82. The van der Waals surface area contributed by atoms with Gasteiger partial charge in [-0.25, -0.2) is 0 Å². The molecule has 2 heteroatoms. The number of rotatable bonds is 4. The van der Waals surface area contributed by atoms with E-state index in [0.29, 0.717) is 0 Å². The van der Waals surface area contributed by atoms with Gasteiger partial charge in [0.2, 0.25) is 0 Å². The Morgan fingerprint density at radius 2 is 1.87 bits per heavy atom. The lowest BCUT2D eigenvalue weighted by atomic mass is 9.93. The normalized spacial score (nSPS) is 9.60. The van der Waals surface area contributed by atoms with Gasteiger partial charge < -0.3 is 0 Å². The van der Waals surface area contributed by atoms with E-state index in [1.54, 1.807) is 0 Å². The summed E-state index contributed by atoms with van der Waals surface area (Å²) in [6.45, 7) is 2.13. The average Bonchev–Trinajstić information content (AvgIpc) is 2.29. The fourth-order valence-corrected chi connectivity index (χ4v) is 1.58. The van der Waals surface area contributed by atoms with E-state index >= 15 is 0 Å². The topological polar surface area (TPSA) is 47.6 Å². The Balaban J connectivity index is 2.97. The molecule has 0 aliphatic carbocycles.